The molecular weight excluding hydrogens is 360 g/mol. The maximum Gasteiger partial charge on any atom is 0.306 e. The molecule has 3 N–H and O–H groups in total. The summed E-state index contributed by atoms with van der Waals surface area (Å²) >= 11 is 0. The third-order valence-electron chi connectivity index (χ3n) is 4.97. The van der Waals surface area contributed by atoms with Crippen molar-refractivity contribution in [3.8, 4) is 0 Å². The molecule has 1 fully saturated rings. The maximum absolute atomic E-state index is 12.5. The van der Waals surface area contributed by atoms with E-state index in [9.17, 15) is 19.5 Å². The molecule has 0 aliphatic heterocycles. The summed E-state index contributed by atoms with van der Waals surface area (Å²) in [6.07, 6.45) is 7.42. The molecule has 0 aromatic carbocycles. The lowest BCUT2D eigenvalue weighted by atomic mass is 9.95. The molecule has 0 bridgehead atoms. The Morgan fingerprint density at radius 2 is 1.89 bits per heavy atom. The van der Waals surface area contributed by atoms with Gasteiger partial charge >= 0.3 is 5.97 Å². The molecule has 2 amide bonds. The van der Waals surface area contributed by atoms with Crippen LogP contribution in [0.15, 0.2) is 25.3 Å². The molecule has 0 aromatic rings. The number of ether oxygens (including phenoxy) is 1. The van der Waals surface area contributed by atoms with Crippen molar-refractivity contribution in [3.05, 3.63) is 25.3 Å². The summed E-state index contributed by atoms with van der Waals surface area (Å²) in [6.45, 7) is 9.00. The van der Waals surface area contributed by atoms with E-state index in [0.29, 0.717) is 12.8 Å². The van der Waals surface area contributed by atoms with Crippen molar-refractivity contribution in [1.82, 2.24) is 10.6 Å². The van der Waals surface area contributed by atoms with Crippen LogP contribution in [0.3, 0.4) is 0 Å². The quantitative estimate of drug-likeness (QED) is 0.327. The van der Waals surface area contributed by atoms with E-state index < -0.39 is 17.6 Å². The fourth-order valence-corrected chi connectivity index (χ4v) is 3.36. The van der Waals surface area contributed by atoms with Gasteiger partial charge in [0.15, 0.2) is 0 Å². The fraction of sp³-hybridized carbons (Fsp3) is 0.667. The summed E-state index contributed by atoms with van der Waals surface area (Å²) in [5.41, 5.74) is -0.555. The largest absolute Gasteiger partial charge is 0.461 e. The Bertz CT molecular complexity index is 555. The molecule has 0 radical (unpaired) electrons. The highest BCUT2D eigenvalue weighted by atomic mass is 16.5. The summed E-state index contributed by atoms with van der Waals surface area (Å²) in [5.74, 6) is -1.43. The Labute approximate surface area is 167 Å². The predicted molar refractivity (Wildman–Crippen MR) is 107 cm³/mol. The number of carbonyl (C=O) groups excluding carboxylic acids is 3. The molecule has 0 heterocycles. The van der Waals surface area contributed by atoms with Crippen molar-refractivity contribution in [2.75, 3.05) is 13.2 Å². The van der Waals surface area contributed by atoms with E-state index in [2.05, 4.69) is 23.8 Å². The molecule has 1 aliphatic rings. The lowest BCUT2D eigenvalue weighted by Gasteiger charge is -2.28. The number of hydrogen-bond donors (Lipinski definition) is 3. The first kappa shape index (κ1) is 23.9. The van der Waals surface area contributed by atoms with Gasteiger partial charge in [-0.2, -0.15) is 0 Å². The molecule has 1 saturated carbocycles. The van der Waals surface area contributed by atoms with Crippen molar-refractivity contribution in [2.24, 2.45) is 5.92 Å². The highest BCUT2D eigenvalue weighted by Gasteiger charge is 2.35. The maximum atomic E-state index is 12.5. The van der Waals surface area contributed by atoms with E-state index in [-0.39, 0.29) is 43.8 Å². The molecule has 158 valence electrons. The van der Waals surface area contributed by atoms with Gasteiger partial charge in [-0.05, 0) is 32.6 Å². The van der Waals surface area contributed by atoms with E-state index in [4.69, 9.17) is 4.74 Å². The molecular formula is C21H34N2O5. The third kappa shape index (κ3) is 8.25. The Balaban J connectivity index is 2.49. The number of amides is 2. The topological polar surface area (TPSA) is 105 Å². The van der Waals surface area contributed by atoms with Crippen molar-refractivity contribution in [2.45, 2.75) is 69.9 Å². The first-order valence-corrected chi connectivity index (χ1v) is 9.96. The molecule has 7 nitrogen and oxygen atoms in total. The lowest BCUT2D eigenvalue weighted by molar-refractivity contribution is -0.148. The minimum atomic E-state index is -0.557. The van der Waals surface area contributed by atoms with Crippen LogP contribution in [0.2, 0.25) is 0 Å². The molecule has 0 aromatic heterocycles. The van der Waals surface area contributed by atoms with Crippen molar-refractivity contribution < 1.29 is 24.2 Å². The molecule has 2 atom stereocenters. The number of nitrogens with one attached hydrogen (secondary N) is 2. The summed E-state index contributed by atoms with van der Waals surface area (Å²) in [6, 6.07) is 0. The van der Waals surface area contributed by atoms with Gasteiger partial charge in [0.1, 0.15) is 6.10 Å². The average Bonchev–Trinajstić information content (AvgIpc) is 3.12. The molecule has 28 heavy (non-hydrogen) atoms. The molecule has 0 spiro atoms. The average molecular weight is 395 g/mol. The van der Waals surface area contributed by atoms with Gasteiger partial charge in [0.25, 0.3) is 0 Å². The fourth-order valence-electron chi connectivity index (χ4n) is 3.36. The van der Waals surface area contributed by atoms with Gasteiger partial charge in [-0.15, -0.1) is 13.2 Å². The number of esters is 1. The second kappa shape index (κ2) is 12.3. The van der Waals surface area contributed by atoms with E-state index in [1.807, 2.05) is 0 Å². The van der Waals surface area contributed by atoms with E-state index in [0.717, 1.165) is 25.7 Å². The van der Waals surface area contributed by atoms with Gasteiger partial charge in [0, 0.05) is 12.8 Å². The Kier molecular flexibility index (Phi) is 10.5. The van der Waals surface area contributed by atoms with Crippen LogP contribution in [0, 0.1) is 5.92 Å². The zero-order valence-electron chi connectivity index (χ0n) is 16.9. The van der Waals surface area contributed by atoms with Crippen molar-refractivity contribution >= 4 is 17.8 Å². The Morgan fingerprint density at radius 1 is 1.21 bits per heavy atom. The van der Waals surface area contributed by atoms with Gasteiger partial charge in [-0.25, -0.2) is 0 Å². The molecule has 1 aliphatic carbocycles. The summed E-state index contributed by atoms with van der Waals surface area (Å²) < 4.78 is 5.21. The predicted octanol–water partition coefficient (Wildman–Crippen LogP) is 2.00. The highest BCUT2D eigenvalue weighted by molar-refractivity contribution is 5.86. The van der Waals surface area contributed by atoms with Crippen LogP contribution in [0.4, 0.5) is 0 Å². The molecule has 0 unspecified atom stereocenters. The summed E-state index contributed by atoms with van der Waals surface area (Å²) in [5, 5.41) is 15.3. The Hall–Kier alpha value is -2.15. The zero-order chi connectivity index (χ0) is 21.0. The monoisotopic (exact) mass is 394 g/mol. The van der Waals surface area contributed by atoms with Crippen LogP contribution in [0.25, 0.3) is 0 Å². The first-order chi connectivity index (χ1) is 13.4. The van der Waals surface area contributed by atoms with Crippen LogP contribution < -0.4 is 10.6 Å². The van der Waals surface area contributed by atoms with E-state index in [1.54, 1.807) is 19.1 Å². The number of allylic oxidation sites excluding steroid dienone is 2. The van der Waals surface area contributed by atoms with E-state index in [1.165, 1.54) is 0 Å². The van der Waals surface area contributed by atoms with Crippen LogP contribution >= 0.6 is 0 Å². The third-order valence-corrected chi connectivity index (χ3v) is 4.97. The molecule has 1 rings (SSSR count). The van der Waals surface area contributed by atoms with Crippen LogP contribution in [0.1, 0.15) is 58.3 Å². The van der Waals surface area contributed by atoms with Crippen LogP contribution in [-0.2, 0) is 19.1 Å². The van der Waals surface area contributed by atoms with Gasteiger partial charge in [0.05, 0.1) is 24.6 Å². The Morgan fingerprint density at radius 3 is 2.46 bits per heavy atom. The zero-order valence-corrected chi connectivity index (χ0v) is 16.9. The molecule has 0 saturated heterocycles. The minimum absolute atomic E-state index is 0.0209. The lowest BCUT2D eigenvalue weighted by Crippen LogP contribution is -2.50. The standard InChI is InChI=1S/C21H34N2O5/c1-4-6-10-19(26)28-16(3)14-22-20(27)17(9-5-2)13-18(25)23-21(15-24)11-7-8-12-21/h4-5,16-17,24H,1-2,6-15H2,3H3,(H,22,27)(H,23,25)/t16-,17+/m0/s1. The number of aliphatic hydroxyl groups excluding tert-OH is 1. The SMILES string of the molecule is C=CCCC(=O)O[C@@H](C)CNC(=O)[C@H](CC=C)CC(=O)NC1(CO)CCCC1. The van der Waals surface area contributed by atoms with Gasteiger partial charge < -0.3 is 20.5 Å². The summed E-state index contributed by atoms with van der Waals surface area (Å²) in [7, 11) is 0. The van der Waals surface area contributed by atoms with Crippen molar-refractivity contribution in [1.29, 1.82) is 0 Å². The number of hydrogen-bond acceptors (Lipinski definition) is 5. The molecule has 7 heteroatoms. The van der Waals surface area contributed by atoms with Crippen LogP contribution in [-0.4, -0.2) is 47.7 Å². The second-order valence-corrected chi connectivity index (χ2v) is 7.49. The van der Waals surface area contributed by atoms with E-state index >= 15 is 0 Å². The van der Waals surface area contributed by atoms with Crippen molar-refractivity contribution in [3.63, 3.8) is 0 Å². The first-order valence-electron chi connectivity index (χ1n) is 9.96. The normalized spacial score (nSPS) is 17.2. The number of aliphatic hydroxyl groups is 1. The van der Waals surface area contributed by atoms with Gasteiger partial charge in [0.2, 0.25) is 11.8 Å². The second-order valence-electron chi connectivity index (χ2n) is 7.49. The highest BCUT2D eigenvalue weighted by Crippen LogP contribution is 2.29. The minimum Gasteiger partial charge on any atom is -0.461 e. The van der Waals surface area contributed by atoms with Gasteiger partial charge in [-0.3, -0.25) is 14.4 Å². The number of rotatable bonds is 13. The van der Waals surface area contributed by atoms with Crippen LogP contribution in [0.5, 0.6) is 0 Å². The van der Waals surface area contributed by atoms with Gasteiger partial charge in [-0.1, -0.05) is 25.0 Å². The smallest absolute Gasteiger partial charge is 0.306 e. The number of carbonyl (C=O) groups is 3. The summed E-state index contributed by atoms with van der Waals surface area (Å²) in [4.78, 5) is 36.5.